The lowest BCUT2D eigenvalue weighted by atomic mass is 10.0. The Bertz CT molecular complexity index is 586. The van der Waals surface area contributed by atoms with Gasteiger partial charge in [-0.1, -0.05) is 29.3 Å². The number of nitrogens with two attached hydrogens (primary N) is 1. The van der Waals surface area contributed by atoms with E-state index in [0.717, 1.165) is 6.42 Å². The summed E-state index contributed by atoms with van der Waals surface area (Å²) in [6.07, 6.45) is 1.30. The van der Waals surface area contributed by atoms with Crippen molar-refractivity contribution in [1.29, 1.82) is 0 Å². The smallest absolute Gasteiger partial charge is 0.241 e. The van der Waals surface area contributed by atoms with Crippen LogP contribution < -0.4 is 10.5 Å². The van der Waals surface area contributed by atoms with Gasteiger partial charge in [-0.05, 0) is 38.0 Å². The number of nitrogen functional groups attached to an aromatic ring is 1. The molecule has 0 bridgehead atoms. The van der Waals surface area contributed by atoms with Crippen LogP contribution >= 0.6 is 15.9 Å². The van der Waals surface area contributed by atoms with Crippen LogP contribution in [0, 0.1) is 6.92 Å². The second-order valence-electron chi connectivity index (χ2n) is 5.19. The molecule has 0 amide bonds. The molecular formula is C13H21BrN2O3S. The van der Waals surface area contributed by atoms with Crippen molar-refractivity contribution in [2.75, 3.05) is 12.3 Å². The standard InChI is InChI=1S/C13H21BrN2O3S/c1-4-5-13(3,17)8-16-20(18,19)12-7-10(14)6-11(15)9(12)2/h6-7,16-17H,4-5,8,15H2,1-3H3. The summed E-state index contributed by atoms with van der Waals surface area (Å²) >= 11 is 3.23. The summed E-state index contributed by atoms with van der Waals surface area (Å²) in [6, 6.07) is 3.16. The molecule has 7 heteroatoms. The van der Waals surface area contributed by atoms with Gasteiger partial charge in [0.05, 0.1) is 10.5 Å². The van der Waals surface area contributed by atoms with Gasteiger partial charge in [0.15, 0.2) is 0 Å². The van der Waals surface area contributed by atoms with Crippen molar-refractivity contribution >= 4 is 31.6 Å². The Morgan fingerprint density at radius 1 is 1.45 bits per heavy atom. The molecule has 0 saturated carbocycles. The van der Waals surface area contributed by atoms with Gasteiger partial charge in [-0.3, -0.25) is 0 Å². The number of aliphatic hydroxyl groups is 1. The maximum atomic E-state index is 12.3. The maximum Gasteiger partial charge on any atom is 0.241 e. The van der Waals surface area contributed by atoms with E-state index in [4.69, 9.17) is 5.73 Å². The molecule has 0 heterocycles. The van der Waals surface area contributed by atoms with Crippen LogP contribution in [-0.4, -0.2) is 25.7 Å². The van der Waals surface area contributed by atoms with Crippen molar-refractivity contribution in [2.24, 2.45) is 0 Å². The SMILES string of the molecule is CCCC(C)(O)CNS(=O)(=O)c1cc(Br)cc(N)c1C. The minimum absolute atomic E-state index is 0.0327. The molecule has 0 aliphatic heterocycles. The molecule has 4 N–H and O–H groups in total. The molecule has 114 valence electrons. The van der Waals surface area contributed by atoms with Gasteiger partial charge in [0.25, 0.3) is 0 Å². The van der Waals surface area contributed by atoms with E-state index in [1.807, 2.05) is 6.92 Å². The number of hydrogen-bond donors (Lipinski definition) is 3. The lowest BCUT2D eigenvalue weighted by molar-refractivity contribution is 0.0554. The van der Waals surface area contributed by atoms with Gasteiger partial charge in [0, 0.05) is 16.7 Å². The van der Waals surface area contributed by atoms with E-state index in [9.17, 15) is 13.5 Å². The van der Waals surface area contributed by atoms with Gasteiger partial charge < -0.3 is 10.8 Å². The summed E-state index contributed by atoms with van der Waals surface area (Å²) in [5, 5.41) is 10.0. The Balaban J connectivity index is 3.01. The number of nitrogens with one attached hydrogen (secondary N) is 1. The topological polar surface area (TPSA) is 92.4 Å². The predicted molar refractivity (Wildman–Crippen MR) is 84.0 cm³/mol. The molecule has 1 aromatic carbocycles. The lowest BCUT2D eigenvalue weighted by Crippen LogP contribution is -2.40. The van der Waals surface area contributed by atoms with E-state index in [1.165, 1.54) is 6.07 Å². The largest absolute Gasteiger partial charge is 0.398 e. The Morgan fingerprint density at radius 2 is 2.05 bits per heavy atom. The highest BCUT2D eigenvalue weighted by Crippen LogP contribution is 2.26. The number of halogens is 1. The molecule has 0 saturated heterocycles. The van der Waals surface area contributed by atoms with Gasteiger partial charge in [0.2, 0.25) is 10.0 Å². The third kappa shape index (κ3) is 4.44. The summed E-state index contributed by atoms with van der Waals surface area (Å²) < 4.78 is 27.7. The van der Waals surface area contributed by atoms with E-state index in [0.29, 0.717) is 22.1 Å². The Kier molecular flexibility index (Phi) is 5.60. The highest BCUT2D eigenvalue weighted by Gasteiger charge is 2.25. The van der Waals surface area contributed by atoms with E-state index < -0.39 is 15.6 Å². The Morgan fingerprint density at radius 3 is 2.60 bits per heavy atom. The molecular weight excluding hydrogens is 344 g/mol. The molecule has 0 fully saturated rings. The van der Waals surface area contributed by atoms with E-state index >= 15 is 0 Å². The van der Waals surface area contributed by atoms with Crippen molar-refractivity contribution in [2.45, 2.75) is 44.1 Å². The Hall–Kier alpha value is -0.630. The average molecular weight is 365 g/mol. The highest BCUT2D eigenvalue weighted by atomic mass is 79.9. The molecule has 0 radical (unpaired) electrons. The summed E-state index contributed by atoms with van der Waals surface area (Å²) in [5.74, 6) is 0. The quantitative estimate of drug-likeness (QED) is 0.674. The molecule has 20 heavy (non-hydrogen) atoms. The van der Waals surface area contributed by atoms with E-state index in [2.05, 4.69) is 20.7 Å². The summed E-state index contributed by atoms with van der Waals surface area (Å²) in [5.41, 5.74) is 5.61. The van der Waals surface area contributed by atoms with Gasteiger partial charge >= 0.3 is 0 Å². The van der Waals surface area contributed by atoms with Crippen LogP contribution in [0.2, 0.25) is 0 Å². The minimum Gasteiger partial charge on any atom is -0.398 e. The number of hydrogen-bond acceptors (Lipinski definition) is 4. The normalized spacial score (nSPS) is 15.1. The first-order valence-corrected chi connectivity index (χ1v) is 8.64. The van der Waals surface area contributed by atoms with Crippen LogP contribution in [0.15, 0.2) is 21.5 Å². The van der Waals surface area contributed by atoms with Gasteiger partial charge in [-0.15, -0.1) is 0 Å². The van der Waals surface area contributed by atoms with Gasteiger partial charge in [0.1, 0.15) is 0 Å². The zero-order valence-corrected chi connectivity index (χ0v) is 14.3. The fraction of sp³-hybridized carbons (Fsp3) is 0.538. The minimum atomic E-state index is -3.71. The molecule has 1 unspecified atom stereocenters. The van der Waals surface area contributed by atoms with Gasteiger partial charge in [-0.2, -0.15) is 0 Å². The number of sulfonamides is 1. The number of benzene rings is 1. The monoisotopic (exact) mass is 364 g/mol. The molecule has 0 aliphatic carbocycles. The molecule has 0 aliphatic rings. The predicted octanol–water partition coefficient (Wildman–Crippen LogP) is 2.17. The van der Waals surface area contributed by atoms with Crippen LogP contribution in [-0.2, 0) is 10.0 Å². The summed E-state index contributed by atoms with van der Waals surface area (Å²) in [4.78, 5) is 0.122. The van der Waals surface area contributed by atoms with Crippen molar-refractivity contribution < 1.29 is 13.5 Å². The van der Waals surface area contributed by atoms with Crippen LogP contribution in [0.4, 0.5) is 5.69 Å². The second kappa shape index (κ2) is 6.43. The highest BCUT2D eigenvalue weighted by molar-refractivity contribution is 9.10. The number of anilines is 1. The molecule has 1 aromatic rings. The average Bonchev–Trinajstić information content (AvgIpc) is 2.31. The molecule has 1 atom stereocenters. The first kappa shape index (κ1) is 17.4. The lowest BCUT2D eigenvalue weighted by Gasteiger charge is -2.23. The molecule has 0 aromatic heterocycles. The van der Waals surface area contributed by atoms with Crippen LogP contribution in [0.3, 0.4) is 0 Å². The Labute approximate surface area is 128 Å². The second-order valence-corrected chi connectivity index (χ2v) is 7.84. The first-order chi connectivity index (χ1) is 9.09. The molecule has 0 spiro atoms. The van der Waals surface area contributed by atoms with E-state index in [-0.39, 0.29) is 11.4 Å². The first-order valence-electron chi connectivity index (χ1n) is 6.37. The third-order valence-corrected chi connectivity index (χ3v) is 5.07. The van der Waals surface area contributed by atoms with Crippen molar-refractivity contribution in [3.05, 3.63) is 22.2 Å². The van der Waals surface area contributed by atoms with Crippen LogP contribution in [0.5, 0.6) is 0 Å². The van der Waals surface area contributed by atoms with Gasteiger partial charge in [-0.25, -0.2) is 13.1 Å². The maximum absolute atomic E-state index is 12.3. The zero-order valence-electron chi connectivity index (χ0n) is 11.9. The van der Waals surface area contributed by atoms with E-state index in [1.54, 1.807) is 19.9 Å². The zero-order chi connectivity index (χ0) is 15.6. The van der Waals surface area contributed by atoms with Crippen molar-refractivity contribution in [3.63, 3.8) is 0 Å². The van der Waals surface area contributed by atoms with Crippen molar-refractivity contribution in [3.8, 4) is 0 Å². The summed E-state index contributed by atoms with van der Waals surface area (Å²) in [7, 11) is -3.71. The van der Waals surface area contributed by atoms with Crippen molar-refractivity contribution in [1.82, 2.24) is 4.72 Å². The molecule has 1 rings (SSSR count). The van der Waals surface area contributed by atoms with Crippen LogP contribution in [0.25, 0.3) is 0 Å². The number of rotatable bonds is 6. The fourth-order valence-corrected chi connectivity index (χ4v) is 4.00. The molecule has 5 nitrogen and oxygen atoms in total. The van der Waals surface area contributed by atoms with Crippen LogP contribution in [0.1, 0.15) is 32.3 Å². The fourth-order valence-electron chi connectivity index (χ4n) is 1.91. The summed E-state index contributed by atoms with van der Waals surface area (Å²) in [6.45, 7) is 5.17. The third-order valence-electron chi connectivity index (χ3n) is 3.09.